The molecule has 0 spiro atoms. The number of hydrogen-bond acceptors (Lipinski definition) is 6. The molecule has 0 saturated heterocycles. The van der Waals surface area contributed by atoms with E-state index in [1.54, 1.807) is 13.8 Å². The first-order chi connectivity index (χ1) is 10.3. The summed E-state index contributed by atoms with van der Waals surface area (Å²) in [6.07, 6.45) is 0. The highest BCUT2D eigenvalue weighted by Gasteiger charge is 2.24. The number of hydrogen-bond donors (Lipinski definition) is 2. The molecule has 0 aromatic rings. The minimum atomic E-state index is -0.332. The van der Waals surface area contributed by atoms with E-state index in [9.17, 15) is 9.59 Å². The van der Waals surface area contributed by atoms with Gasteiger partial charge in [-0.25, -0.2) is 0 Å². The first kappa shape index (κ1) is 20.9. The Kier molecular flexibility index (Phi) is 10.8. The third-order valence-corrected chi connectivity index (χ3v) is 3.27. The quantitative estimate of drug-likeness (QED) is 0.442. The van der Waals surface area contributed by atoms with E-state index in [0.29, 0.717) is 26.3 Å². The van der Waals surface area contributed by atoms with Crippen molar-refractivity contribution in [3.8, 4) is 0 Å². The van der Waals surface area contributed by atoms with Crippen molar-refractivity contribution in [3.63, 3.8) is 0 Å². The summed E-state index contributed by atoms with van der Waals surface area (Å²) in [5.74, 6) is -0.179. The van der Waals surface area contributed by atoms with Crippen LogP contribution in [0.2, 0.25) is 0 Å². The standard InChI is InChI=1S/C16H32N2O4/c1-7-21-15(19)13(11(3)4)17-9-10-18-14(12(5)6)16(20)22-8-2/h11-14,17-18H,7-10H2,1-6H3/t13-,14-/m0/s1. The third-order valence-electron chi connectivity index (χ3n) is 3.27. The van der Waals surface area contributed by atoms with Gasteiger partial charge in [-0.2, -0.15) is 0 Å². The number of carbonyl (C=O) groups is 2. The molecule has 0 aliphatic rings. The Hall–Kier alpha value is -1.14. The minimum absolute atomic E-state index is 0.144. The van der Waals surface area contributed by atoms with Crippen molar-refractivity contribution in [2.24, 2.45) is 11.8 Å². The smallest absolute Gasteiger partial charge is 0.323 e. The Balaban J connectivity index is 4.30. The fraction of sp³-hybridized carbons (Fsp3) is 0.875. The molecule has 2 atom stereocenters. The lowest BCUT2D eigenvalue weighted by Crippen LogP contribution is -2.48. The number of carbonyl (C=O) groups excluding carboxylic acids is 2. The fourth-order valence-electron chi connectivity index (χ4n) is 2.10. The van der Waals surface area contributed by atoms with Gasteiger partial charge in [0.25, 0.3) is 0 Å². The summed E-state index contributed by atoms with van der Waals surface area (Å²) in [5.41, 5.74) is 0. The van der Waals surface area contributed by atoms with E-state index in [0.717, 1.165) is 0 Å². The summed E-state index contributed by atoms with van der Waals surface area (Å²) in [6, 6.07) is -0.663. The van der Waals surface area contributed by atoms with E-state index < -0.39 is 0 Å². The lowest BCUT2D eigenvalue weighted by molar-refractivity contribution is -0.148. The molecular weight excluding hydrogens is 284 g/mol. The van der Waals surface area contributed by atoms with Gasteiger partial charge in [0.05, 0.1) is 13.2 Å². The maximum atomic E-state index is 11.8. The van der Waals surface area contributed by atoms with Crippen LogP contribution in [0.3, 0.4) is 0 Å². The van der Waals surface area contributed by atoms with Crippen LogP contribution in [-0.2, 0) is 19.1 Å². The number of esters is 2. The molecule has 6 nitrogen and oxygen atoms in total. The van der Waals surface area contributed by atoms with E-state index >= 15 is 0 Å². The second-order valence-corrected chi connectivity index (χ2v) is 5.86. The molecule has 0 bridgehead atoms. The average Bonchev–Trinajstić information content (AvgIpc) is 2.42. The van der Waals surface area contributed by atoms with E-state index in [2.05, 4.69) is 10.6 Å². The van der Waals surface area contributed by atoms with Crippen LogP contribution in [0, 0.1) is 11.8 Å². The summed E-state index contributed by atoms with van der Waals surface area (Å²) < 4.78 is 10.1. The van der Waals surface area contributed by atoms with Gasteiger partial charge in [-0.05, 0) is 25.7 Å². The Morgan fingerprint density at radius 3 is 1.32 bits per heavy atom. The van der Waals surface area contributed by atoms with Crippen LogP contribution in [0.25, 0.3) is 0 Å². The van der Waals surface area contributed by atoms with Gasteiger partial charge in [0.2, 0.25) is 0 Å². The van der Waals surface area contributed by atoms with Crippen LogP contribution in [0.4, 0.5) is 0 Å². The van der Waals surface area contributed by atoms with Gasteiger partial charge in [0.15, 0.2) is 0 Å². The van der Waals surface area contributed by atoms with Crippen LogP contribution in [-0.4, -0.2) is 50.3 Å². The molecule has 0 aromatic carbocycles. The Morgan fingerprint density at radius 1 is 0.773 bits per heavy atom. The molecule has 22 heavy (non-hydrogen) atoms. The summed E-state index contributed by atoms with van der Waals surface area (Å²) in [6.45, 7) is 13.4. The van der Waals surface area contributed by atoms with Gasteiger partial charge in [-0.15, -0.1) is 0 Å². The van der Waals surface area contributed by atoms with Crippen molar-refractivity contribution >= 4 is 11.9 Å². The fourth-order valence-corrected chi connectivity index (χ4v) is 2.10. The molecule has 0 rings (SSSR count). The van der Waals surface area contributed by atoms with Gasteiger partial charge < -0.3 is 20.1 Å². The predicted molar refractivity (Wildman–Crippen MR) is 86.5 cm³/mol. The first-order valence-corrected chi connectivity index (χ1v) is 8.15. The number of rotatable bonds is 11. The second kappa shape index (κ2) is 11.4. The Bertz CT molecular complexity index is 300. The molecular formula is C16H32N2O4. The molecule has 0 radical (unpaired) electrons. The van der Waals surface area contributed by atoms with E-state index in [4.69, 9.17) is 9.47 Å². The highest BCUT2D eigenvalue weighted by atomic mass is 16.5. The van der Waals surface area contributed by atoms with Crippen molar-refractivity contribution in [3.05, 3.63) is 0 Å². The van der Waals surface area contributed by atoms with Gasteiger partial charge in [0, 0.05) is 13.1 Å². The van der Waals surface area contributed by atoms with E-state index in [1.165, 1.54) is 0 Å². The van der Waals surface area contributed by atoms with Gasteiger partial charge >= 0.3 is 11.9 Å². The first-order valence-electron chi connectivity index (χ1n) is 8.15. The van der Waals surface area contributed by atoms with Gasteiger partial charge in [-0.1, -0.05) is 27.7 Å². The lowest BCUT2D eigenvalue weighted by Gasteiger charge is -2.23. The number of nitrogens with one attached hydrogen (secondary N) is 2. The van der Waals surface area contributed by atoms with Crippen LogP contribution in [0.1, 0.15) is 41.5 Å². The van der Waals surface area contributed by atoms with Crippen molar-refractivity contribution in [2.45, 2.75) is 53.6 Å². The second-order valence-electron chi connectivity index (χ2n) is 5.86. The van der Waals surface area contributed by atoms with Crippen molar-refractivity contribution in [1.29, 1.82) is 0 Å². The van der Waals surface area contributed by atoms with Crippen molar-refractivity contribution in [2.75, 3.05) is 26.3 Å². The van der Waals surface area contributed by atoms with Gasteiger partial charge in [0.1, 0.15) is 12.1 Å². The molecule has 0 aromatic heterocycles. The Morgan fingerprint density at radius 2 is 1.09 bits per heavy atom. The van der Waals surface area contributed by atoms with Crippen LogP contribution < -0.4 is 10.6 Å². The molecule has 0 amide bonds. The molecule has 6 heteroatoms. The zero-order valence-electron chi connectivity index (χ0n) is 14.8. The monoisotopic (exact) mass is 316 g/mol. The molecule has 0 unspecified atom stereocenters. The maximum Gasteiger partial charge on any atom is 0.323 e. The topological polar surface area (TPSA) is 76.7 Å². The number of ether oxygens (including phenoxy) is 2. The van der Waals surface area contributed by atoms with Gasteiger partial charge in [-0.3, -0.25) is 9.59 Å². The maximum absolute atomic E-state index is 11.8. The largest absolute Gasteiger partial charge is 0.465 e. The highest BCUT2D eigenvalue weighted by molar-refractivity contribution is 5.76. The highest BCUT2D eigenvalue weighted by Crippen LogP contribution is 2.05. The summed E-state index contributed by atoms with van der Waals surface area (Å²) in [7, 11) is 0. The Labute approximate surface area is 134 Å². The van der Waals surface area contributed by atoms with Crippen LogP contribution in [0.15, 0.2) is 0 Å². The van der Waals surface area contributed by atoms with Crippen LogP contribution in [0.5, 0.6) is 0 Å². The van der Waals surface area contributed by atoms with Crippen molar-refractivity contribution in [1.82, 2.24) is 10.6 Å². The predicted octanol–water partition coefficient (Wildman–Crippen LogP) is 1.34. The van der Waals surface area contributed by atoms with E-state index in [-0.39, 0.29) is 35.9 Å². The zero-order valence-corrected chi connectivity index (χ0v) is 14.8. The van der Waals surface area contributed by atoms with Crippen LogP contribution >= 0.6 is 0 Å². The molecule has 130 valence electrons. The molecule has 0 saturated carbocycles. The summed E-state index contributed by atoms with van der Waals surface area (Å²) >= 11 is 0. The summed E-state index contributed by atoms with van der Waals surface area (Å²) in [5, 5.41) is 6.36. The SMILES string of the molecule is CCOC(=O)[C@@H](NCCN[C@H](C(=O)OCC)C(C)C)C(C)C. The van der Waals surface area contributed by atoms with E-state index in [1.807, 2.05) is 27.7 Å². The zero-order chi connectivity index (χ0) is 17.1. The van der Waals surface area contributed by atoms with Crippen molar-refractivity contribution < 1.29 is 19.1 Å². The molecule has 0 fully saturated rings. The normalized spacial score (nSPS) is 14.0. The average molecular weight is 316 g/mol. The minimum Gasteiger partial charge on any atom is -0.465 e. The molecule has 0 aliphatic carbocycles. The lowest BCUT2D eigenvalue weighted by atomic mass is 10.0. The molecule has 0 aliphatic heterocycles. The summed E-state index contributed by atoms with van der Waals surface area (Å²) in [4.78, 5) is 23.7. The third kappa shape index (κ3) is 7.75. The molecule has 0 heterocycles. The molecule has 2 N–H and O–H groups in total.